The summed E-state index contributed by atoms with van der Waals surface area (Å²) in [5, 5.41) is 3.73. The lowest BCUT2D eigenvalue weighted by Gasteiger charge is -2.42. The van der Waals surface area contributed by atoms with Gasteiger partial charge < -0.3 is 10.1 Å². The van der Waals surface area contributed by atoms with Crippen molar-refractivity contribution in [2.75, 3.05) is 33.4 Å². The molecular formula is C16H32N2O. The summed E-state index contributed by atoms with van der Waals surface area (Å²) in [4.78, 5) is 2.73. The van der Waals surface area contributed by atoms with Crippen LogP contribution < -0.4 is 5.32 Å². The molecule has 1 N–H and O–H groups in total. The first-order chi connectivity index (χ1) is 9.10. The second kappa shape index (κ2) is 6.55. The van der Waals surface area contributed by atoms with Crippen LogP contribution in [-0.4, -0.2) is 50.3 Å². The molecule has 2 rings (SSSR count). The quantitative estimate of drug-likeness (QED) is 0.768. The van der Waals surface area contributed by atoms with E-state index in [1.54, 1.807) is 0 Å². The van der Waals surface area contributed by atoms with Crippen LogP contribution in [0.3, 0.4) is 0 Å². The number of methoxy groups -OCH3 is 1. The molecule has 3 unspecified atom stereocenters. The Morgan fingerprint density at radius 3 is 2.74 bits per heavy atom. The van der Waals surface area contributed by atoms with Crippen LogP contribution >= 0.6 is 0 Å². The van der Waals surface area contributed by atoms with Gasteiger partial charge in [0, 0.05) is 45.4 Å². The maximum Gasteiger partial charge on any atom is 0.0468 e. The summed E-state index contributed by atoms with van der Waals surface area (Å²) in [6.45, 7) is 11.6. The van der Waals surface area contributed by atoms with Crippen LogP contribution in [0.5, 0.6) is 0 Å². The minimum absolute atomic E-state index is 0.585. The highest BCUT2D eigenvalue weighted by atomic mass is 16.5. The van der Waals surface area contributed by atoms with E-state index in [1.807, 2.05) is 7.11 Å². The molecule has 0 spiro atoms. The number of hydrogen-bond acceptors (Lipinski definition) is 3. The molecule has 1 aliphatic carbocycles. The van der Waals surface area contributed by atoms with E-state index in [0.717, 1.165) is 19.1 Å². The van der Waals surface area contributed by atoms with Crippen molar-refractivity contribution in [2.24, 2.45) is 11.3 Å². The fourth-order valence-electron chi connectivity index (χ4n) is 3.25. The zero-order valence-corrected chi connectivity index (χ0v) is 13.2. The maximum absolute atomic E-state index is 5.28. The van der Waals surface area contributed by atoms with Gasteiger partial charge in [0.05, 0.1) is 0 Å². The van der Waals surface area contributed by atoms with Gasteiger partial charge in [-0.05, 0) is 37.5 Å². The van der Waals surface area contributed by atoms with Crippen LogP contribution in [0.4, 0.5) is 0 Å². The fourth-order valence-corrected chi connectivity index (χ4v) is 3.25. The standard InChI is InChI=1S/C16H32N2O/c1-5-13(2)15-11-18(14(3)10-17-15)12-16(6-7-16)8-9-19-4/h13-15,17H,5-12H2,1-4H3. The number of hydrogen-bond donors (Lipinski definition) is 1. The second-order valence-corrected chi connectivity index (χ2v) is 6.92. The van der Waals surface area contributed by atoms with E-state index in [1.165, 1.54) is 38.8 Å². The molecule has 3 heteroatoms. The molecule has 1 aliphatic heterocycles. The molecule has 1 saturated heterocycles. The van der Waals surface area contributed by atoms with Gasteiger partial charge in [-0.1, -0.05) is 20.3 Å². The first-order valence-electron chi connectivity index (χ1n) is 8.06. The van der Waals surface area contributed by atoms with Crippen LogP contribution in [0.2, 0.25) is 0 Å². The van der Waals surface area contributed by atoms with Gasteiger partial charge in [0.25, 0.3) is 0 Å². The largest absolute Gasteiger partial charge is 0.385 e. The molecule has 112 valence electrons. The number of ether oxygens (including phenoxy) is 1. The lowest BCUT2D eigenvalue weighted by molar-refractivity contribution is 0.0828. The second-order valence-electron chi connectivity index (χ2n) is 6.92. The Bertz CT molecular complexity index is 278. The first-order valence-corrected chi connectivity index (χ1v) is 8.06. The molecule has 0 radical (unpaired) electrons. The average Bonchev–Trinajstić information content (AvgIpc) is 3.18. The Morgan fingerprint density at radius 2 is 2.16 bits per heavy atom. The smallest absolute Gasteiger partial charge is 0.0468 e. The van der Waals surface area contributed by atoms with Crippen LogP contribution in [0.15, 0.2) is 0 Å². The van der Waals surface area contributed by atoms with E-state index in [0.29, 0.717) is 17.5 Å². The normalized spacial score (nSPS) is 32.2. The third kappa shape index (κ3) is 3.93. The van der Waals surface area contributed by atoms with Crippen molar-refractivity contribution in [2.45, 2.75) is 58.5 Å². The lowest BCUT2D eigenvalue weighted by Crippen LogP contribution is -2.58. The predicted molar refractivity (Wildman–Crippen MR) is 80.4 cm³/mol. The van der Waals surface area contributed by atoms with Crippen molar-refractivity contribution in [3.05, 3.63) is 0 Å². The summed E-state index contributed by atoms with van der Waals surface area (Å²) < 4.78 is 5.28. The van der Waals surface area contributed by atoms with Gasteiger partial charge in [0.15, 0.2) is 0 Å². The van der Waals surface area contributed by atoms with E-state index in [-0.39, 0.29) is 0 Å². The van der Waals surface area contributed by atoms with Gasteiger partial charge in [0.1, 0.15) is 0 Å². The predicted octanol–water partition coefficient (Wildman–Crippen LogP) is 2.51. The van der Waals surface area contributed by atoms with Crippen LogP contribution in [0.25, 0.3) is 0 Å². The van der Waals surface area contributed by atoms with Gasteiger partial charge >= 0.3 is 0 Å². The molecule has 2 aliphatic rings. The Kier molecular flexibility index (Phi) is 5.27. The highest BCUT2D eigenvalue weighted by Gasteiger charge is 2.44. The van der Waals surface area contributed by atoms with E-state index in [4.69, 9.17) is 4.74 Å². The molecule has 2 fully saturated rings. The maximum atomic E-state index is 5.28. The minimum atomic E-state index is 0.585. The Balaban J connectivity index is 1.87. The van der Waals surface area contributed by atoms with Crippen molar-refractivity contribution in [3.63, 3.8) is 0 Å². The van der Waals surface area contributed by atoms with Crippen molar-refractivity contribution < 1.29 is 4.74 Å². The lowest BCUT2D eigenvalue weighted by atomic mass is 9.94. The van der Waals surface area contributed by atoms with E-state index >= 15 is 0 Å². The van der Waals surface area contributed by atoms with Gasteiger partial charge in [-0.3, -0.25) is 4.90 Å². The zero-order chi connectivity index (χ0) is 13.9. The third-order valence-corrected chi connectivity index (χ3v) is 5.39. The summed E-state index contributed by atoms with van der Waals surface area (Å²) in [5.74, 6) is 0.782. The minimum Gasteiger partial charge on any atom is -0.385 e. The molecule has 1 heterocycles. The Hall–Kier alpha value is -0.120. The number of nitrogens with zero attached hydrogens (tertiary/aromatic N) is 1. The van der Waals surface area contributed by atoms with Gasteiger partial charge in [0.2, 0.25) is 0 Å². The molecule has 1 saturated carbocycles. The summed E-state index contributed by atoms with van der Waals surface area (Å²) in [6, 6.07) is 1.36. The van der Waals surface area contributed by atoms with Crippen LogP contribution in [0, 0.1) is 11.3 Å². The Labute approximate surface area is 119 Å². The molecule has 0 bridgehead atoms. The zero-order valence-electron chi connectivity index (χ0n) is 13.2. The highest BCUT2D eigenvalue weighted by Crippen LogP contribution is 2.49. The van der Waals surface area contributed by atoms with Gasteiger partial charge in [-0.2, -0.15) is 0 Å². The van der Waals surface area contributed by atoms with E-state index in [2.05, 4.69) is 31.0 Å². The Morgan fingerprint density at radius 1 is 1.42 bits per heavy atom. The van der Waals surface area contributed by atoms with E-state index in [9.17, 15) is 0 Å². The molecular weight excluding hydrogens is 236 g/mol. The number of piperazine rings is 1. The van der Waals surface area contributed by atoms with Crippen molar-refractivity contribution in [1.29, 1.82) is 0 Å². The first kappa shape index (κ1) is 15.3. The molecule has 19 heavy (non-hydrogen) atoms. The summed E-state index contributed by atoms with van der Waals surface area (Å²) in [6.07, 6.45) is 5.32. The fraction of sp³-hybridized carbons (Fsp3) is 1.00. The average molecular weight is 268 g/mol. The van der Waals surface area contributed by atoms with Gasteiger partial charge in [-0.15, -0.1) is 0 Å². The topological polar surface area (TPSA) is 24.5 Å². The summed E-state index contributed by atoms with van der Waals surface area (Å²) >= 11 is 0. The number of rotatable bonds is 7. The highest BCUT2D eigenvalue weighted by molar-refractivity contribution is 4.98. The van der Waals surface area contributed by atoms with Crippen LogP contribution in [0.1, 0.15) is 46.5 Å². The molecule has 0 amide bonds. The molecule has 0 aromatic heterocycles. The van der Waals surface area contributed by atoms with Crippen molar-refractivity contribution in [3.8, 4) is 0 Å². The number of nitrogens with one attached hydrogen (secondary N) is 1. The molecule has 0 aromatic rings. The molecule has 3 nitrogen and oxygen atoms in total. The SMILES string of the molecule is CCC(C)C1CN(CC2(CCOC)CC2)C(C)CN1. The third-order valence-electron chi connectivity index (χ3n) is 5.39. The molecule has 0 aromatic carbocycles. The monoisotopic (exact) mass is 268 g/mol. The summed E-state index contributed by atoms with van der Waals surface area (Å²) in [5.41, 5.74) is 0.585. The van der Waals surface area contributed by atoms with E-state index < -0.39 is 0 Å². The van der Waals surface area contributed by atoms with Gasteiger partial charge in [-0.25, -0.2) is 0 Å². The summed E-state index contributed by atoms with van der Waals surface area (Å²) in [7, 11) is 1.82. The molecule has 3 atom stereocenters. The van der Waals surface area contributed by atoms with Crippen molar-refractivity contribution in [1.82, 2.24) is 10.2 Å². The van der Waals surface area contributed by atoms with Crippen molar-refractivity contribution >= 4 is 0 Å². The van der Waals surface area contributed by atoms with Crippen LogP contribution in [-0.2, 0) is 4.74 Å².